The van der Waals surface area contributed by atoms with Crippen molar-refractivity contribution in [1.82, 2.24) is 10.6 Å². The van der Waals surface area contributed by atoms with Gasteiger partial charge in [-0.25, -0.2) is 17.8 Å². The normalized spacial score (nSPS) is 12.5. The second-order valence-electron chi connectivity index (χ2n) is 6.47. The van der Waals surface area contributed by atoms with Gasteiger partial charge in [0.1, 0.15) is 6.10 Å². The Bertz CT molecular complexity index is 941. The van der Waals surface area contributed by atoms with E-state index >= 15 is 0 Å². The molecule has 0 saturated heterocycles. The minimum Gasteiger partial charge on any atom is -0.486 e. The van der Waals surface area contributed by atoms with E-state index in [1.165, 1.54) is 6.07 Å². The fraction of sp³-hybridized carbons (Fsp3) is 0.350. The maximum atomic E-state index is 13.7. The van der Waals surface area contributed by atoms with Gasteiger partial charge in [-0.2, -0.15) is 0 Å². The van der Waals surface area contributed by atoms with E-state index in [1.807, 2.05) is 26.0 Å². The molecule has 0 radical (unpaired) electrons. The van der Waals surface area contributed by atoms with E-state index in [-0.39, 0.29) is 42.4 Å². The van der Waals surface area contributed by atoms with E-state index in [1.54, 1.807) is 30.3 Å². The lowest BCUT2D eigenvalue weighted by atomic mass is 10.2. The average Bonchev–Trinajstić information content (AvgIpc) is 2.66. The molecule has 1 atom stereocenters. The molecule has 7 nitrogen and oxygen atoms in total. The van der Waals surface area contributed by atoms with Crippen molar-refractivity contribution in [2.75, 3.05) is 24.1 Å². The highest BCUT2D eigenvalue weighted by Crippen LogP contribution is 2.18. The van der Waals surface area contributed by atoms with Crippen molar-refractivity contribution < 1.29 is 17.5 Å². The van der Waals surface area contributed by atoms with Gasteiger partial charge in [0.15, 0.2) is 17.5 Å². The van der Waals surface area contributed by atoms with Gasteiger partial charge >= 0.3 is 0 Å². The SMILES string of the molecule is CCNC(=NCc1ccccc1NS(C)(=O)=O)NCC(C)Oc1ccccc1F.I. The van der Waals surface area contributed by atoms with Gasteiger partial charge in [0, 0.05) is 6.54 Å². The highest BCUT2D eigenvalue weighted by atomic mass is 127. The van der Waals surface area contributed by atoms with Crippen LogP contribution in [0.3, 0.4) is 0 Å². The second-order valence-corrected chi connectivity index (χ2v) is 8.21. The monoisotopic (exact) mass is 550 g/mol. The van der Waals surface area contributed by atoms with Gasteiger partial charge in [0.2, 0.25) is 10.0 Å². The number of benzene rings is 2. The van der Waals surface area contributed by atoms with Gasteiger partial charge in [-0.05, 0) is 37.6 Å². The number of guanidine groups is 1. The average molecular weight is 550 g/mol. The van der Waals surface area contributed by atoms with Crippen LogP contribution in [0.25, 0.3) is 0 Å². The first-order valence-corrected chi connectivity index (χ1v) is 11.2. The molecule has 2 aromatic rings. The minimum absolute atomic E-state index is 0. The number of para-hydroxylation sites is 2. The van der Waals surface area contributed by atoms with E-state index in [9.17, 15) is 12.8 Å². The van der Waals surface area contributed by atoms with Gasteiger partial charge in [0.25, 0.3) is 0 Å². The molecule has 0 aliphatic heterocycles. The highest BCUT2D eigenvalue weighted by Gasteiger charge is 2.10. The summed E-state index contributed by atoms with van der Waals surface area (Å²) in [5.74, 6) is 0.338. The van der Waals surface area contributed by atoms with Crippen LogP contribution in [-0.4, -0.2) is 39.8 Å². The lowest BCUT2D eigenvalue weighted by Crippen LogP contribution is -2.41. The lowest BCUT2D eigenvalue weighted by Gasteiger charge is -2.18. The zero-order valence-electron chi connectivity index (χ0n) is 17.2. The summed E-state index contributed by atoms with van der Waals surface area (Å²) in [4.78, 5) is 4.50. The molecule has 0 fully saturated rings. The summed E-state index contributed by atoms with van der Waals surface area (Å²) in [6, 6.07) is 13.3. The molecular formula is C20H28FIN4O3S. The summed E-state index contributed by atoms with van der Waals surface area (Å²) in [6.45, 7) is 5.10. The summed E-state index contributed by atoms with van der Waals surface area (Å²) in [5.41, 5.74) is 1.23. The summed E-state index contributed by atoms with van der Waals surface area (Å²) in [5, 5.41) is 6.27. The van der Waals surface area contributed by atoms with Crippen LogP contribution in [0.5, 0.6) is 5.75 Å². The first-order chi connectivity index (χ1) is 13.8. The molecule has 0 aliphatic rings. The fourth-order valence-corrected chi connectivity index (χ4v) is 3.10. The maximum absolute atomic E-state index is 13.7. The molecule has 0 aromatic heterocycles. The molecule has 30 heavy (non-hydrogen) atoms. The van der Waals surface area contributed by atoms with Crippen molar-refractivity contribution in [1.29, 1.82) is 0 Å². The number of anilines is 1. The molecule has 2 aromatic carbocycles. The Morgan fingerprint density at radius 1 is 1.13 bits per heavy atom. The Kier molecular flexibility index (Phi) is 10.9. The molecule has 0 heterocycles. The van der Waals surface area contributed by atoms with Crippen molar-refractivity contribution in [3.63, 3.8) is 0 Å². The molecule has 10 heteroatoms. The Morgan fingerprint density at radius 3 is 2.47 bits per heavy atom. The Balaban J connectivity index is 0.00000450. The van der Waals surface area contributed by atoms with E-state index in [0.717, 1.165) is 11.8 Å². The van der Waals surface area contributed by atoms with Crippen LogP contribution in [0.15, 0.2) is 53.5 Å². The third kappa shape index (κ3) is 9.16. The third-order valence-electron chi connectivity index (χ3n) is 3.79. The number of nitrogens with one attached hydrogen (secondary N) is 3. The first kappa shape index (κ1) is 26.0. The number of rotatable bonds is 9. The Hall–Kier alpha value is -2.08. The standard InChI is InChI=1S/C20H27FN4O3S.HI/c1-4-22-20(23-13-15(2)28-19-12-8-6-10-17(19)21)24-14-16-9-5-7-11-18(16)25-29(3,26)27;/h5-12,15,25H,4,13-14H2,1-3H3,(H2,22,23,24);1H. The van der Waals surface area contributed by atoms with Crippen LogP contribution in [0.2, 0.25) is 0 Å². The van der Waals surface area contributed by atoms with Crippen LogP contribution in [0.1, 0.15) is 19.4 Å². The molecule has 3 N–H and O–H groups in total. The van der Waals surface area contributed by atoms with Gasteiger partial charge in [0.05, 0.1) is 25.0 Å². The molecular weight excluding hydrogens is 522 g/mol. The number of aliphatic imine (C=N–C) groups is 1. The predicted octanol–water partition coefficient (Wildman–Crippen LogP) is 3.34. The van der Waals surface area contributed by atoms with E-state index < -0.39 is 15.8 Å². The van der Waals surface area contributed by atoms with Crippen LogP contribution in [0, 0.1) is 5.82 Å². The number of sulfonamides is 1. The summed E-state index contributed by atoms with van der Waals surface area (Å²) < 4.78 is 44.9. The van der Waals surface area contributed by atoms with Crippen LogP contribution in [-0.2, 0) is 16.6 Å². The van der Waals surface area contributed by atoms with E-state index in [0.29, 0.717) is 24.7 Å². The zero-order valence-corrected chi connectivity index (χ0v) is 20.3. The molecule has 1 unspecified atom stereocenters. The van der Waals surface area contributed by atoms with E-state index in [4.69, 9.17) is 4.74 Å². The molecule has 0 spiro atoms. The van der Waals surface area contributed by atoms with Crippen LogP contribution < -0.4 is 20.1 Å². The van der Waals surface area contributed by atoms with Crippen LogP contribution in [0.4, 0.5) is 10.1 Å². The third-order valence-corrected chi connectivity index (χ3v) is 4.38. The Morgan fingerprint density at radius 2 is 1.80 bits per heavy atom. The fourth-order valence-electron chi connectivity index (χ4n) is 2.50. The first-order valence-electron chi connectivity index (χ1n) is 9.27. The molecule has 0 aliphatic carbocycles. The summed E-state index contributed by atoms with van der Waals surface area (Å²) >= 11 is 0. The topological polar surface area (TPSA) is 91.8 Å². The molecule has 0 bridgehead atoms. The van der Waals surface area contributed by atoms with Gasteiger partial charge in [-0.15, -0.1) is 24.0 Å². The number of hydrogen-bond donors (Lipinski definition) is 3. The van der Waals surface area contributed by atoms with Crippen molar-refractivity contribution in [2.45, 2.75) is 26.5 Å². The molecule has 166 valence electrons. The maximum Gasteiger partial charge on any atom is 0.229 e. The molecule has 2 rings (SSSR count). The minimum atomic E-state index is -3.38. The number of halogens is 2. The zero-order chi connectivity index (χ0) is 21.3. The predicted molar refractivity (Wildman–Crippen MR) is 130 cm³/mol. The smallest absolute Gasteiger partial charge is 0.229 e. The molecule has 0 saturated carbocycles. The number of nitrogens with zero attached hydrogens (tertiary/aromatic N) is 1. The second kappa shape index (κ2) is 12.6. The Labute approximate surface area is 194 Å². The van der Waals surface area contributed by atoms with Crippen molar-refractivity contribution in [3.05, 3.63) is 59.9 Å². The molecule has 0 amide bonds. The quantitative estimate of drug-likeness (QED) is 0.253. The van der Waals surface area contributed by atoms with Gasteiger partial charge in [-0.1, -0.05) is 30.3 Å². The summed E-state index contributed by atoms with van der Waals surface area (Å²) in [7, 11) is -3.38. The highest BCUT2D eigenvalue weighted by molar-refractivity contribution is 14.0. The van der Waals surface area contributed by atoms with Crippen molar-refractivity contribution in [2.24, 2.45) is 4.99 Å². The number of hydrogen-bond acceptors (Lipinski definition) is 4. The number of ether oxygens (including phenoxy) is 1. The van der Waals surface area contributed by atoms with Crippen LogP contribution >= 0.6 is 24.0 Å². The lowest BCUT2D eigenvalue weighted by molar-refractivity contribution is 0.214. The van der Waals surface area contributed by atoms with E-state index in [2.05, 4.69) is 20.3 Å². The summed E-state index contributed by atoms with van der Waals surface area (Å²) in [6.07, 6.45) is 0.810. The van der Waals surface area contributed by atoms with Gasteiger partial charge in [-0.3, -0.25) is 4.72 Å². The van der Waals surface area contributed by atoms with Crippen molar-refractivity contribution >= 4 is 45.6 Å². The van der Waals surface area contributed by atoms with Gasteiger partial charge < -0.3 is 15.4 Å². The largest absolute Gasteiger partial charge is 0.486 e. The van der Waals surface area contributed by atoms with Crippen molar-refractivity contribution in [3.8, 4) is 5.75 Å².